The highest BCUT2D eigenvalue weighted by atomic mass is 16.5. The predicted molar refractivity (Wildman–Crippen MR) is 42.3 cm³/mol. The normalized spacial score (nSPS) is 27.8. The zero-order valence-corrected chi connectivity index (χ0v) is 6.93. The SMILES string of the molecule is CC(=O)O[C@H]1CCC[C@H]1N=[N+]=[N-]. The van der Waals surface area contributed by atoms with E-state index in [1.54, 1.807) is 0 Å². The Kier molecular flexibility index (Phi) is 2.94. The molecule has 5 nitrogen and oxygen atoms in total. The summed E-state index contributed by atoms with van der Waals surface area (Å²) >= 11 is 0. The Labute approximate surface area is 70.3 Å². The molecule has 0 saturated heterocycles. The fourth-order valence-electron chi connectivity index (χ4n) is 1.46. The van der Waals surface area contributed by atoms with Gasteiger partial charge in [-0.25, -0.2) is 0 Å². The molecule has 1 aliphatic carbocycles. The molecule has 0 aromatic rings. The number of nitrogens with zero attached hydrogens (tertiary/aromatic N) is 3. The maximum atomic E-state index is 10.6. The van der Waals surface area contributed by atoms with Crippen LogP contribution in [0.2, 0.25) is 0 Å². The summed E-state index contributed by atoms with van der Waals surface area (Å²) in [4.78, 5) is 13.3. The van der Waals surface area contributed by atoms with Gasteiger partial charge in [-0.05, 0) is 24.8 Å². The monoisotopic (exact) mass is 169 g/mol. The molecule has 0 aromatic heterocycles. The van der Waals surface area contributed by atoms with Gasteiger partial charge < -0.3 is 4.74 Å². The lowest BCUT2D eigenvalue weighted by atomic mass is 10.2. The van der Waals surface area contributed by atoms with Crippen molar-refractivity contribution in [3.05, 3.63) is 10.4 Å². The minimum Gasteiger partial charge on any atom is -0.462 e. The number of carbonyl (C=O) groups is 1. The number of azide groups is 1. The first kappa shape index (κ1) is 8.87. The minimum atomic E-state index is -0.306. The van der Waals surface area contributed by atoms with E-state index in [-0.39, 0.29) is 18.1 Å². The zero-order valence-electron chi connectivity index (χ0n) is 6.93. The van der Waals surface area contributed by atoms with Crippen molar-refractivity contribution < 1.29 is 9.53 Å². The molecule has 66 valence electrons. The van der Waals surface area contributed by atoms with E-state index >= 15 is 0 Å². The van der Waals surface area contributed by atoms with Gasteiger partial charge in [0.1, 0.15) is 6.10 Å². The molecule has 1 fully saturated rings. The zero-order chi connectivity index (χ0) is 8.97. The van der Waals surface area contributed by atoms with Gasteiger partial charge in [0.25, 0.3) is 0 Å². The van der Waals surface area contributed by atoms with E-state index in [4.69, 9.17) is 10.3 Å². The molecule has 0 heterocycles. The molecular formula is C7H11N3O2. The fourth-order valence-corrected chi connectivity index (χ4v) is 1.46. The quantitative estimate of drug-likeness (QED) is 0.273. The van der Waals surface area contributed by atoms with Crippen LogP contribution in [0.25, 0.3) is 10.4 Å². The first-order valence-corrected chi connectivity index (χ1v) is 3.95. The molecule has 1 aliphatic rings. The highest BCUT2D eigenvalue weighted by Crippen LogP contribution is 2.24. The molecule has 2 atom stereocenters. The van der Waals surface area contributed by atoms with Crippen LogP contribution in [-0.2, 0) is 9.53 Å². The number of carbonyl (C=O) groups excluding carboxylic acids is 1. The summed E-state index contributed by atoms with van der Waals surface area (Å²) in [5.41, 5.74) is 8.20. The Morgan fingerprint density at radius 3 is 3.00 bits per heavy atom. The summed E-state index contributed by atoms with van der Waals surface area (Å²) in [5.74, 6) is -0.306. The number of hydrogen-bond acceptors (Lipinski definition) is 3. The Balaban J connectivity index is 2.51. The van der Waals surface area contributed by atoms with Gasteiger partial charge in [0.2, 0.25) is 0 Å². The number of esters is 1. The van der Waals surface area contributed by atoms with E-state index in [0.717, 1.165) is 19.3 Å². The molecule has 0 unspecified atom stereocenters. The molecule has 0 N–H and O–H groups in total. The van der Waals surface area contributed by atoms with Gasteiger partial charge in [0.05, 0.1) is 6.04 Å². The van der Waals surface area contributed by atoms with Crippen molar-refractivity contribution in [2.24, 2.45) is 5.11 Å². The van der Waals surface area contributed by atoms with E-state index in [9.17, 15) is 4.79 Å². The van der Waals surface area contributed by atoms with Crippen LogP contribution >= 0.6 is 0 Å². The maximum absolute atomic E-state index is 10.6. The Morgan fingerprint density at radius 2 is 2.42 bits per heavy atom. The van der Waals surface area contributed by atoms with Gasteiger partial charge in [-0.15, -0.1) is 0 Å². The second-order valence-corrected chi connectivity index (χ2v) is 2.85. The highest BCUT2D eigenvalue weighted by Gasteiger charge is 2.28. The molecule has 0 radical (unpaired) electrons. The van der Waals surface area contributed by atoms with Crippen molar-refractivity contribution in [3.8, 4) is 0 Å². The van der Waals surface area contributed by atoms with Crippen molar-refractivity contribution in [1.29, 1.82) is 0 Å². The van der Waals surface area contributed by atoms with Crippen molar-refractivity contribution in [1.82, 2.24) is 0 Å². The third kappa shape index (κ3) is 2.13. The summed E-state index contributed by atoms with van der Waals surface area (Å²) < 4.78 is 4.97. The van der Waals surface area contributed by atoms with Crippen molar-refractivity contribution >= 4 is 5.97 Å². The number of hydrogen-bond donors (Lipinski definition) is 0. The Bertz CT molecular complexity index is 223. The van der Waals surface area contributed by atoms with E-state index in [1.807, 2.05) is 0 Å². The second-order valence-electron chi connectivity index (χ2n) is 2.85. The molecular weight excluding hydrogens is 158 g/mol. The summed E-state index contributed by atoms with van der Waals surface area (Å²) in [6.45, 7) is 1.37. The van der Waals surface area contributed by atoms with Crippen LogP contribution in [0.4, 0.5) is 0 Å². The molecule has 1 rings (SSSR count). The highest BCUT2D eigenvalue weighted by molar-refractivity contribution is 5.66. The van der Waals surface area contributed by atoms with Crippen molar-refractivity contribution in [2.45, 2.75) is 38.3 Å². The van der Waals surface area contributed by atoms with Crippen LogP contribution in [0, 0.1) is 0 Å². The topological polar surface area (TPSA) is 75.1 Å². The van der Waals surface area contributed by atoms with Crippen molar-refractivity contribution in [3.63, 3.8) is 0 Å². The van der Waals surface area contributed by atoms with Crippen LogP contribution < -0.4 is 0 Å². The molecule has 5 heteroatoms. The molecule has 0 amide bonds. The number of rotatable bonds is 2. The molecule has 0 bridgehead atoms. The van der Waals surface area contributed by atoms with Crippen LogP contribution in [0.3, 0.4) is 0 Å². The van der Waals surface area contributed by atoms with E-state index < -0.39 is 0 Å². The summed E-state index contributed by atoms with van der Waals surface area (Å²) in [5, 5.41) is 3.56. The van der Waals surface area contributed by atoms with Gasteiger partial charge in [-0.2, -0.15) is 0 Å². The Hall–Kier alpha value is -1.22. The summed E-state index contributed by atoms with van der Waals surface area (Å²) in [7, 11) is 0. The van der Waals surface area contributed by atoms with Gasteiger partial charge in [-0.3, -0.25) is 4.79 Å². The summed E-state index contributed by atoms with van der Waals surface area (Å²) in [6.07, 6.45) is 2.39. The van der Waals surface area contributed by atoms with Gasteiger partial charge >= 0.3 is 5.97 Å². The standard InChI is InChI=1S/C7H11N3O2/c1-5(11)12-7-4-2-3-6(7)9-10-8/h6-7H,2-4H2,1H3/t6-,7+/m1/s1. The van der Waals surface area contributed by atoms with Crippen molar-refractivity contribution in [2.75, 3.05) is 0 Å². The third-order valence-corrected chi connectivity index (χ3v) is 1.93. The lowest BCUT2D eigenvalue weighted by Gasteiger charge is -2.13. The first-order chi connectivity index (χ1) is 5.74. The second kappa shape index (κ2) is 3.97. The van der Waals surface area contributed by atoms with Crippen LogP contribution in [-0.4, -0.2) is 18.1 Å². The molecule has 1 saturated carbocycles. The van der Waals surface area contributed by atoms with Gasteiger partial charge in [0, 0.05) is 11.8 Å². The van der Waals surface area contributed by atoms with Gasteiger partial charge in [-0.1, -0.05) is 5.11 Å². The first-order valence-electron chi connectivity index (χ1n) is 3.95. The molecule has 0 aliphatic heterocycles. The predicted octanol–water partition coefficient (Wildman–Crippen LogP) is 1.78. The smallest absolute Gasteiger partial charge is 0.302 e. The van der Waals surface area contributed by atoms with E-state index in [0.29, 0.717) is 0 Å². The Morgan fingerprint density at radius 1 is 1.67 bits per heavy atom. The lowest BCUT2D eigenvalue weighted by molar-refractivity contribution is -0.146. The van der Waals surface area contributed by atoms with Gasteiger partial charge in [0.15, 0.2) is 0 Å². The van der Waals surface area contributed by atoms with E-state index in [1.165, 1.54) is 6.92 Å². The lowest BCUT2D eigenvalue weighted by Crippen LogP contribution is -2.23. The summed E-state index contributed by atoms with van der Waals surface area (Å²) in [6, 6.07) is -0.154. The van der Waals surface area contributed by atoms with Crippen LogP contribution in [0.15, 0.2) is 5.11 Å². The van der Waals surface area contributed by atoms with Crippen LogP contribution in [0.1, 0.15) is 26.2 Å². The fraction of sp³-hybridized carbons (Fsp3) is 0.857. The van der Waals surface area contributed by atoms with Crippen LogP contribution in [0.5, 0.6) is 0 Å². The number of ether oxygens (including phenoxy) is 1. The van der Waals surface area contributed by atoms with E-state index in [2.05, 4.69) is 10.0 Å². The minimum absolute atomic E-state index is 0.154. The third-order valence-electron chi connectivity index (χ3n) is 1.93. The average Bonchev–Trinajstić information content (AvgIpc) is 2.37. The average molecular weight is 169 g/mol. The molecule has 12 heavy (non-hydrogen) atoms. The molecule has 0 aromatic carbocycles. The maximum Gasteiger partial charge on any atom is 0.302 e. The molecule has 0 spiro atoms. The largest absolute Gasteiger partial charge is 0.462 e.